The number of aromatic nitrogens is 4. The van der Waals surface area contributed by atoms with Crippen molar-refractivity contribution in [1.29, 1.82) is 0 Å². The zero-order valence-electron chi connectivity index (χ0n) is 27.1. The maximum absolute atomic E-state index is 6.69. The maximum Gasteiger partial charge on any atom is 0.164 e. The molecular formula is C45H26N4OS. The Morgan fingerprint density at radius 3 is 1.84 bits per heavy atom. The van der Waals surface area contributed by atoms with Crippen molar-refractivity contribution in [2.75, 3.05) is 0 Å². The van der Waals surface area contributed by atoms with Crippen molar-refractivity contribution in [2.24, 2.45) is 0 Å². The van der Waals surface area contributed by atoms with Crippen molar-refractivity contribution in [3.05, 3.63) is 158 Å². The van der Waals surface area contributed by atoms with Crippen molar-refractivity contribution in [1.82, 2.24) is 19.5 Å². The molecule has 0 atom stereocenters. The van der Waals surface area contributed by atoms with Gasteiger partial charge in [0, 0.05) is 64.1 Å². The van der Waals surface area contributed by atoms with Gasteiger partial charge in [0.25, 0.3) is 0 Å². The number of rotatable bonds is 4. The van der Waals surface area contributed by atoms with Crippen LogP contribution in [0.5, 0.6) is 0 Å². The summed E-state index contributed by atoms with van der Waals surface area (Å²) < 4.78 is 11.4. The quantitative estimate of drug-likeness (QED) is 0.187. The molecule has 0 saturated carbocycles. The maximum atomic E-state index is 6.69. The van der Waals surface area contributed by atoms with E-state index in [-0.39, 0.29) is 0 Å². The van der Waals surface area contributed by atoms with Crippen LogP contribution >= 0.6 is 11.3 Å². The number of hydrogen-bond acceptors (Lipinski definition) is 5. The van der Waals surface area contributed by atoms with Crippen LogP contribution in [0.15, 0.2) is 162 Å². The van der Waals surface area contributed by atoms with Crippen molar-refractivity contribution in [3.8, 4) is 39.9 Å². The van der Waals surface area contributed by atoms with E-state index < -0.39 is 0 Å². The standard InChI is InChI=1S/C45H26N4OS/c1-3-13-27(14-4-1)43-46-44(28-15-5-2-6-16-28)48-45(47-43)35-25-29(26-39-40(35)34-19-9-12-22-38(34)51-39)49-36-20-10-7-17-30(36)32-23-24-33-31-18-8-11-21-37(31)50-42(33)41(32)49/h1-26H. The number of furan rings is 1. The van der Waals surface area contributed by atoms with Gasteiger partial charge in [-0.25, -0.2) is 15.0 Å². The first-order valence-corrected chi connectivity index (χ1v) is 17.8. The summed E-state index contributed by atoms with van der Waals surface area (Å²) in [5, 5.41) is 6.85. The molecule has 51 heavy (non-hydrogen) atoms. The topological polar surface area (TPSA) is 56.7 Å². The van der Waals surface area contributed by atoms with E-state index in [1.165, 1.54) is 15.5 Å². The predicted molar refractivity (Wildman–Crippen MR) is 211 cm³/mol. The first-order valence-electron chi connectivity index (χ1n) is 16.9. The lowest BCUT2D eigenvalue weighted by Gasteiger charge is -2.13. The Balaban J connectivity index is 1.28. The molecule has 0 fully saturated rings. The first-order chi connectivity index (χ1) is 25.3. The summed E-state index contributed by atoms with van der Waals surface area (Å²) in [7, 11) is 0. The molecule has 0 radical (unpaired) electrons. The average Bonchev–Trinajstić information content (AvgIpc) is 3.87. The molecule has 0 aliphatic heterocycles. The van der Waals surface area contributed by atoms with Crippen LogP contribution in [0.2, 0.25) is 0 Å². The summed E-state index contributed by atoms with van der Waals surface area (Å²) in [6.07, 6.45) is 0. The van der Waals surface area contributed by atoms with Gasteiger partial charge in [-0.3, -0.25) is 0 Å². The van der Waals surface area contributed by atoms with E-state index in [2.05, 4.69) is 114 Å². The summed E-state index contributed by atoms with van der Waals surface area (Å²) in [6.45, 7) is 0. The molecule has 11 rings (SSSR count). The van der Waals surface area contributed by atoms with E-state index in [1.54, 1.807) is 11.3 Å². The van der Waals surface area contributed by atoms with Crippen LogP contribution in [0.4, 0.5) is 0 Å². The Hall–Kier alpha value is -6.63. The van der Waals surface area contributed by atoms with Gasteiger partial charge in [0.1, 0.15) is 5.58 Å². The third-order valence-electron chi connectivity index (χ3n) is 9.84. The minimum absolute atomic E-state index is 0.632. The summed E-state index contributed by atoms with van der Waals surface area (Å²) in [6, 6.07) is 54.8. The van der Waals surface area contributed by atoms with Gasteiger partial charge in [0.2, 0.25) is 0 Å². The van der Waals surface area contributed by atoms with Gasteiger partial charge < -0.3 is 8.98 Å². The van der Waals surface area contributed by atoms with Gasteiger partial charge in [-0.15, -0.1) is 11.3 Å². The SMILES string of the molecule is c1ccc(-c2nc(-c3ccccc3)nc(-c3cc(-n4c5ccccc5c5ccc6c7ccccc7oc6c54)cc4sc5ccccc5c34)n2)cc1. The molecule has 4 heterocycles. The van der Waals surface area contributed by atoms with Gasteiger partial charge in [0.05, 0.1) is 11.0 Å². The molecule has 0 spiro atoms. The number of fused-ring (bicyclic) bond motifs is 10. The van der Waals surface area contributed by atoms with Crippen molar-refractivity contribution in [2.45, 2.75) is 0 Å². The van der Waals surface area contributed by atoms with Crippen LogP contribution in [0.25, 0.3) is 104 Å². The number of nitrogens with zero attached hydrogens (tertiary/aromatic N) is 4. The monoisotopic (exact) mass is 670 g/mol. The highest BCUT2D eigenvalue weighted by Crippen LogP contribution is 2.45. The Morgan fingerprint density at radius 2 is 1.08 bits per heavy atom. The van der Waals surface area contributed by atoms with Gasteiger partial charge in [-0.2, -0.15) is 0 Å². The Morgan fingerprint density at radius 1 is 0.471 bits per heavy atom. The number of benzene rings is 7. The Bertz CT molecular complexity index is 3080. The Kier molecular flexibility index (Phi) is 6.05. The second-order valence-corrected chi connectivity index (χ2v) is 13.9. The van der Waals surface area contributed by atoms with Crippen LogP contribution in [-0.4, -0.2) is 19.5 Å². The molecule has 0 amide bonds. The smallest absolute Gasteiger partial charge is 0.164 e. The second-order valence-electron chi connectivity index (χ2n) is 12.8. The summed E-state index contributed by atoms with van der Waals surface area (Å²) >= 11 is 1.79. The van der Waals surface area contributed by atoms with Crippen LogP contribution in [0, 0.1) is 0 Å². The van der Waals surface area contributed by atoms with E-state index in [0.29, 0.717) is 17.5 Å². The minimum atomic E-state index is 0.632. The zero-order chi connectivity index (χ0) is 33.5. The molecule has 0 aliphatic carbocycles. The molecule has 0 N–H and O–H groups in total. The van der Waals surface area contributed by atoms with E-state index in [0.717, 1.165) is 70.8 Å². The van der Waals surface area contributed by atoms with Crippen LogP contribution in [0.3, 0.4) is 0 Å². The normalized spacial score (nSPS) is 11.9. The lowest BCUT2D eigenvalue weighted by atomic mass is 10.0. The lowest BCUT2D eigenvalue weighted by molar-refractivity contribution is 0.671. The minimum Gasteiger partial charge on any atom is -0.454 e. The molecule has 6 heteroatoms. The molecule has 11 aromatic rings. The third kappa shape index (κ3) is 4.30. The molecule has 0 bridgehead atoms. The molecule has 0 saturated heterocycles. The summed E-state index contributed by atoms with van der Waals surface area (Å²) in [5.74, 6) is 1.91. The van der Waals surface area contributed by atoms with Crippen LogP contribution in [-0.2, 0) is 0 Å². The summed E-state index contributed by atoms with van der Waals surface area (Å²) in [4.78, 5) is 15.4. The molecule has 238 valence electrons. The molecule has 0 unspecified atom stereocenters. The van der Waals surface area contributed by atoms with Gasteiger partial charge >= 0.3 is 0 Å². The highest BCUT2D eigenvalue weighted by Gasteiger charge is 2.23. The highest BCUT2D eigenvalue weighted by atomic mass is 32.1. The number of para-hydroxylation sites is 2. The lowest BCUT2D eigenvalue weighted by Crippen LogP contribution is -2.01. The number of hydrogen-bond donors (Lipinski definition) is 0. The van der Waals surface area contributed by atoms with Gasteiger partial charge in [-0.1, -0.05) is 121 Å². The Labute approximate surface area is 295 Å². The molecule has 5 nitrogen and oxygen atoms in total. The van der Waals surface area contributed by atoms with Crippen LogP contribution < -0.4 is 0 Å². The van der Waals surface area contributed by atoms with E-state index in [4.69, 9.17) is 19.4 Å². The van der Waals surface area contributed by atoms with E-state index in [9.17, 15) is 0 Å². The number of thiophene rings is 1. The fourth-order valence-corrected chi connectivity index (χ4v) is 8.74. The highest BCUT2D eigenvalue weighted by molar-refractivity contribution is 7.26. The molecule has 7 aromatic carbocycles. The fraction of sp³-hybridized carbons (Fsp3) is 0. The zero-order valence-corrected chi connectivity index (χ0v) is 27.9. The van der Waals surface area contributed by atoms with Crippen molar-refractivity contribution >= 4 is 75.3 Å². The summed E-state index contributed by atoms with van der Waals surface area (Å²) in [5.41, 5.74) is 7.77. The van der Waals surface area contributed by atoms with Crippen molar-refractivity contribution < 1.29 is 4.42 Å². The van der Waals surface area contributed by atoms with Gasteiger partial charge in [-0.05, 0) is 36.4 Å². The van der Waals surface area contributed by atoms with E-state index in [1.807, 2.05) is 48.5 Å². The fourth-order valence-electron chi connectivity index (χ4n) is 7.57. The van der Waals surface area contributed by atoms with Crippen LogP contribution in [0.1, 0.15) is 0 Å². The largest absolute Gasteiger partial charge is 0.454 e. The van der Waals surface area contributed by atoms with Crippen molar-refractivity contribution in [3.63, 3.8) is 0 Å². The molecule has 0 aliphatic rings. The predicted octanol–water partition coefficient (Wildman–Crippen LogP) is 12.2. The molecular weight excluding hydrogens is 645 g/mol. The third-order valence-corrected chi connectivity index (χ3v) is 11.0. The van der Waals surface area contributed by atoms with E-state index >= 15 is 0 Å². The first kappa shape index (κ1) is 28.2. The molecule has 4 aromatic heterocycles. The van der Waals surface area contributed by atoms with Gasteiger partial charge in [0.15, 0.2) is 23.1 Å². The second kappa shape index (κ2) is 10.9. The average molecular weight is 671 g/mol.